The van der Waals surface area contributed by atoms with Crippen LogP contribution in [0.3, 0.4) is 0 Å². The number of aromatic nitrogens is 2. The van der Waals surface area contributed by atoms with Gasteiger partial charge in [0.05, 0.1) is 36.4 Å². The Morgan fingerprint density at radius 1 is 1.18 bits per heavy atom. The second-order valence-corrected chi connectivity index (χ2v) is 8.84. The Hall–Kier alpha value is -3.81. The van der Waals surface area contributed by atoms with E-state index in [4.69, 9.17) is 9.47 Å². The minimum Gasteiger partial charge on any atom is -0.503 e. The summed E-state index contributed by atoms with van der Waals surface area (Å²) in [6, 6.07) is 11.7. The van der Waals surface area contributed by atoms with E-state index in [0.29, 0.717) is 29.2 Å². The lowest BCUT2D eigenvalue weighted by Crippen LogP contribution is -2.33. The fourth-order valence-corrected chi connectivity index (χ4v) is 3.96. The Bertz CT molecular complexity index is 1240. The summed E-state index contributed by atoms with van der Waals surface area (Å²) in [7, 11) is 1.54. The Labute approximate surface area is 191 Å². The zero-order valence-electron chi connectivity index (χ0n) is 19.3. The number of hydrogen-bond donors (Lipinski definition) is 2. The van der Waals surface area contributed by atoms with E-state index in [1.54, 1.807) is 39.0 Å². The fourth-order valence-electron chi connectivity index (χ4n) is 3.96. The summed E-state index contributed by atoms with van der Waals surface area (Å²) >= 11 is 0. The predicted molar refractivity (Wildman–Crippen MR) is 125 cm³/mol. The molecule has 33 heavy (non-hydrogen) atoms. The summed E-state index contributed by atoms with van der Waals surface area (Å²) in [4.78, 5) is 35.7. The number of aliphatic hydroxyl groups excluding tert-OH is 1. The highest BCUT2D eigenvalue weighted by Gasteiger charge is 2.48. The first kappa shape index (κ1) is 22.4. The molecule has 1 aromatic heterocycles. The molecule has 0 spiro atoms. The Kier molecular flexibility index (Phi) is 5.61. The van der Waals surface area contributed by atoms with Crippen molar-refractivity contribution in [2.45, 2.75) is 33.7 Å². The lowest BCUT2D eigenvalue weighted by Gasteiger charge is -2.27. The van der Waals surface area contributed by atoms with Crippen LogP contribution in [0.1, 0.15) is 39.3 Å². The van der Waals surface area contributed by atoms with Crippen LogP contribution >= 0.6 is 0 Å². The van der Waals surface area contributed by atoms with Crippen LogP contribution in [0.15, 0.2) is 53.8 Å². The van der Waals surface area contributed by atoms with Crippen LogP contribution in [-0.4, -0.2) is 40.5 Å². The van der Waals surface area contributed by atoms with E-state index >= 15 is 0 Å². The molecule has 2 heterocycles. The molecule has 0 saturated carbocycles. The van der Waals surface area contributed by atoms with E-state index in [1.807, 2.05) is 31.2 Å². The van der Waals surface area contributed by atoms with Crippen LogP contribution in [0, 0.1) is 5.41 Å². The molecular formula is C25H27N3O5. The summed E-state index contributed by atoms with van der Waals surface area (Å²) in [6.45, 7) is 7.51. The average Bonchev–Trinajstić information content (AvgIpc) is 3.31. The normalized spacial score (nSPS) is 16.6. The van der Waals surface area contributed by atoms with Crippen LogP contribution in [0.25, 0.3) is 11.0 Å². The van der Waals surface area contributed by atoms with Gasteiger partial charge in [-0.05, 0) is 36.8 Å². The Morgan fingerprint density at radius 2 is 1.91 bits per heavy atom. The zero-order valence-corrected chi connectivity index (χ0v) is 19.3. The van der Waals surface area contributed by atoms with Gasteiger partial charge in [0, 0.05) is 5.41 Å². The number of nitrogens with zero attached hydrogens (tertiary/aromatic N) is 2. The summed E-state index contributed by atoms with van der Waals surface area (Å²) in [5.41, 5.74) is 1.20. The van der Waals surface area contributed by atoms with Crippen LogP contribution in [0.5, 0.6) is 11.5 Å². The molecule has 3 aromatic rings. The SMILES string of the molecule is CCOc1cc(C2C(C(=O)C(C)(C)C)=C(O)C(=O)N2c2nc3ccccc3[nH]2)ccc1OC. The van der Waals surface area contributed by atoms with E-state index in [-0.39, 0.29) is 17.3 Å². The number of ketones is 1. The molecule has 0 fully saturated rings. The standard InChI is InChI=1S/C25H27N3O5/c1-6-33-18-13-14(11-12-17(18)32-5)20-19(22(30)25(2,3)4)21(29)23(31)28(20)24-26-15-9-7-8-10-16(15)27-24/h7-13,20,29H,6H2,1-5H3,(H,26,27). The maximum absolute atomic E-state index is 13.4. The van der Waals surface area contributed by atoms with Gasteiger partial charge < -0.3 is 19.6 Å². The highest BCUT2D eigenvalue weighted by atomic mass is 16.5. The molecule has 2 N–H and O–H groups in total. The van der Waals surface area contributed by atoms with Crippen molar-refractivity contribution in [2.75, 3.05) is 18.6 Å². The molecule has 0 bridgehead atoms. The van der Waals surface area contributed by atoms with E-state index in [0.717, 1.165) is 5.52 Å². The van der Waals surface area contributed by atoms with Gasteiger partial charge in [-0.3, -0.25) is 14.5 Å². The molecule has 1 aliphatic rings. The second kappa shape index (κ2) is 8.27. The summed E-state index contributed by atoms with van der Waals surface area (Å²) in [6.07, 6.45) is 0. The number of anilines is 1. The largest absolute Gasteiger partial charge is 0.503 e. The average molecular weight is 450 g/mol. The molecule has 1 atom stereocenters. The molecule has 0 aliphatic carbocycles. The number of nitrogens with one attached hydrogen (secondary N) is 1. The van der Waals surface area contributed by atoms with E-state index in [9.17, 15) is 14.7 Å². The van der Waals surface area contributed by atoms with Crippen LogP contribution in [0.2, 0.25) is 0 Å². The topological polar surface area (TPSA) is 105 Å². The Morgan fingerprint density at radius 3 is 2.55 bits per heavy atom. The van der Waals surface area contributed by atoms with Crippen LogP contribution in [0.4, 0.5) is 5.95 Å². The van der Waals surface area contributed by atoms with Gasteiger partial charge in [-0.15, -0.1) is 0 Å². The van der Waals surface area contributed by atoms with Crippen molar-refractivity contribution in [2.24, 2.45) is 5.41 Å². The molecule has 0 radical (unpaired) electrons. The maximum atomic E-state index is 13.4. The molecule has 0 saturated heterocycles. The number of amides is 1. The number of H-pyrrole nitrogens is 1. The number of carbonyl (C=O) groups is 2. The number of benzene rings is 2. The van der Waals surface area contributed by atoms with Crippen molar-refractivity contribution in [3.63, 3.8) is 0 Å². The maximum Gasteiger partial charge on any atom is 0.296 e. The van der Waals surface area contributed by atoms with Gasteiger partial charge in [-0.1, -0.05) is 39.0 Å². The first-order chi connectivity index (χ1) is 15.7. The van der Waals surface area contributed by atoms with Gasteiger partial charge in [-0.25, -0.2) is 4.98 Å². The molecule has 8 nitrogen and oxygen atoms in total. The van der Waals surface area contributed by atoms with E-state index < -0.39 is 23.1 Å². The number of ether oxygens (including phenoxy) is 2. The lowest BCUT2D eigenvalue weighted by molar-refractivity contribution is -0.123. The third-order valence-corrected chi connectivity index (χ3v) is 5.54. The van der Waals surface area contributed by atoms with Crippen LogP contribution in [-0.2, 0) is 9.59 Å². The number of Topliss-reactive ketones (excluding diaryl/α,β-unsaturated/α-hetero) is 1. The Balaban J connectivity index is 1.92. The molecule has 1 amide bonds. The molecule has 8 heteroatoms. The zero-order chi connectivity index (χ0) is 23.9. The highest BCUT2D eigenvalue weighted by Crippen LogP contribution is 2.44. The van der Waals surface area contributed by atoms with Gasteiger partial charge in [-0.2, -0.15) is 0 Å². The quantitative estimate of drug-likeness (QED) is 0.575. The lowest BCUT2D eigenvalue weighted by atomic mass is 9.82. The number of aliphatic hydroxyl groups is 1. The van der Waals surface area contributed by atoms with Crippen molar-refractivity contribution in [3.8, 4) is 11.5 Å². The number of hydrogen-bond acceptors (Lipinski definition) is 6. The van der Waals surface area contributed by atoms with Crippen molar-refractivity contribution < 1.29 is 24.2 Å². The van der Waals surface area contributed by atoms with Crippen molar-refractivity contribution in [1.29, 1.82) is 0 Å². The molecule has 2 aromatic carbocycles. The third kappa shape index (κ3) is 3.82. The van der Waals surface area contributed by atoms with Crippen molar-refractivity contribution in [1.82, 2.24) is 9.97 Å². The first-order valence-electron chi connectivity index (χ1n) is 10.7. The fraction of sp³-hybridized carbons (Fsp3) is 0.320. The number of methoxy groups -OCH3 is 1. The smallest absolute Gasteiger partial charge is 0.296 e. The molecular weight excluding hydrogens is 422 g/mol. The second-order valence-electron chi connectivity index (χ2n) is 8.84. The van der Waals surface area contributed by atoms with Gasteiger partial charge in [0.15, 0.2) is 23.0 Å². The van der Waals surface area contributed by atoms with E-state index in [1.165, 1.54) is 12.0 Å². The molecule has 4 rings (SSSR count). The number of rotatable bonds is 6. The van der Waals surface area contributed by atoms with Crippen LogP contribution < -0.4 is 14.4 Å². The number of imidazole rings is 1. The summed E-state index contributed by atoms with van der Waals surface area (Å²) in [5.74, 6) is -0.357. The van der Waals surface area contributed by atoms with Gasteiger partial charge in [0.25, 0.3) is 5.91 Å². The van der Waals surface area contributed by atoms with Crippen molar-refractivity contribution in [3.05, 3.63) is 59.4 Å². The number of fused-ring (bicyclic) bond motifs is 1. The number of para-hydroxylation sites is 2. The van der Waals surface area contributed by atoms with Crippen molar-refractivity contribution >= 4 is 28.7 Å². The highest BCUT2D eigenvalue weighted by molar-refractivity contribution is 6.17. The molecule has 1 unspecified atom stereocenters. The van der Waals surface area contributed by atoms with Gasteiger partial charge in [0.1, 0.15) is 0 Å². The summed E-state index contributed by atoms with van der Waals surface area (Å²) in [5, 5.41) is 10.9. The minimum atomic E-state index is -0.894. The number of carbonyl (C=O) groups excluding carboxylic acids is 2. The minimum absolute atomic E-state index is 0.0283. The van der Waals surface area contributed by atoms with E-state index in [2.05, 4.69) is 9.97 Å². The molecule has 172 valence electrons. The predicted octanol–water partition coefficient (Wildman–Crippen LogP) is 4.49. The number of aromatic amines is 1. The van der Waals surface area contributed by atoms with Gasteiger partial charge >= 0.3 is 0 Å². The molecule has 1 aliphatic heterocycles. The monoisotopic (exact) mass is 449 g/mol. The first-order valence-corrected chi connectivity index (χ1v) is 10.7. The third-order valence-electron chi connectivity index (χ3n) is 5.54. The summed E-state index contributed by atoms with van der Waals surface area (Å²) < 4.78 is 11.1. The van der Waals surface area contributed by atoms with Gasteiger partial charge in [0.2, 0.25) is 5.95 Å².